The zero-order valence-corrected chi connectivity index (χ0v) is 34.7. The van der Waals surface area contributed by atoms with Gasteiger partial charge in [0.25, 0.3) is 5.91 Å². The van der Waals surface area contributed by atoms with Gasteiger partial charge in [0.1, 0.15) is 36.1 Å². The van der Waals surface area contributed by atoms with Crippen LogP contribution in [-0.2, 0) is 16.2 Å². The van der Waals surface area contributed by atoms with Crippen LogP contribution in [0.25, 0.3) is 22.3 Å². The zero-order valence-electron chi connectivity index (χ0n) is 32.9. The van der Waals surface area contributed by atoms with E-state index in [2.05, 4.69) is 42.2 Å². The lowest BCUT2D eigenvalue weighted by molar-refractivity contribution is 0.0566. The molecule has 0 aliphatic carbocycles. The number of halogens is 2. The summed E-state index contributed by atoms with van der Waals surface area (Å²) in [5.74, 6) is 0.293. The molecule has 4 aromatic rings. The van der Waals surface area contributed by atoms with Gasteiger partial charge in [-0.3, -0.25) is 14.3 Å². The quantitative estimate of drug-likeness (QED) is 0.107. The van der Waals surface area contributed by atoms with E-state index in [1.165, 1.54) is 23.1 Å². The normalized spacial score (nSPS) is 15.5. The zero-order chi connectivity index (χ0) is 39.5. The second kappa shape index (κ2) is 16.9. The molecule has 1 aromatic carbocycles. The number of hydrogen-bond acceptors (Lipinski definition) is 9. The van der Waals surface area contributed by atoms with Gasteiger partial charge in [0, 0.05) is 43.4 Å². The van der Waals surface area contributed by atoms with Gasteiger partial charge < -0.3 is 29.7 Å². The van der Waals surface area contributed by atoms with Crippen LogP contribution in [0.3, 0.4) is 0 Å². The van der Waals surface area contributed by atoms with Gasteiger partial charge in [-0.2, -0.15) is 0 Å². The topological polar surface area (TPSA) is 123 Å². The van der Waals surface area contributed by atoms with Gasteiger partial charge in [-0.1, -0.05) is 31.2 Å². The highest BCUT2D eigenvalue weighted by molar-refractivity contribution is 6.76. The number of pyridine rings is 2. The average molecular weight is 794 g/mol. The Labute approximate surface area is 328 Å². The third-order valence-electron chi connectivity index (χ3n) is 9.78. The Kier molecular flexibility index (Phi) is 12.4. The van der Waals surface area contributed by atoms with Gasteiger partial charge in [0.15, 0.2) is 11.6 Å². The lowest BCUT2D eigenvalue weighted by atomic mass is 9.94. The first-order valence-corrected chi connectivity index (χ1v) is 23.1. The van der Waals surface area contributed by atoms with Crippen molar-refractivity contribution in [2.75, 3.05) is 56.7 Å². The van der Waals surface area contributed by atoms with Crippen molar-refractivity contribution in [3.05, 3.63) is 59.1 Å². The van der Waals surface area contributed by atoms with Crippen LogP contribution in [0.15, 0.2) is 42.6 Å². The van der Waals surface area contributed by atoms with Crippen molar-refractivity contribution in [1.82, 2.24) is 24.8 Å². The van der Waals surface area contributed by atoms with Crippen molar-refractivity contribution in [3.63, 3.8) is 0 Å². The predicted octanol–water partition coefficient (Wildman–Crippen LogP) is 8.54. The molecule has 55 heavy (non-hydrogen) atoms. The fourth-order valence-corrected chi connectivity index (χ4v) is 7.62. The fraction of sp³-hybridized carbons (Fsp3) is 0.500. The number of carbonyl (C=O) groups excluding carboxylic acids is 2. The summed E-state index contributed by atoms with van der Waals surface area (Å²) < 4.78 is 35.2. The maximum absolute atomic E-state index is 15.3. The van der Waals surface area contributed by atoms with Crippen LogP contribution in [0.2, 0.25) is 30.7 Å². The number of carbonyl (C=O) groups is 2. The lowest BCUT2D eigenvalue weighted by Crippen LogP contribution is -2.42. The minimum atomic E-state index is -1.35. The van der Waals surface area contributed by atoms with Gasteiger partial charge in [-0.05, 0) is 109 Å². The minimum Gasteiger partial charge on any atom is -0.486 e. The Balaban J connectivity index is 1.38. The molecule has 0 unspecified atom stereocenters. The number of nitrogens with one attached hydrogen (secondary N) is 2. The molecule has 2 N–H and O–H groups in total. The Hall–Kier alpha value is -4.24. The number of fused-ring (bicyclic) bond motifs is 2. The van der Waals surface area contributed by atoms with E-state index in [0.29, 0.717) is 52.2 Å². The summed E-state index contributed by atoms with van der Waals surface area (Å²) in [7, 11) is 0.792. The maximum Gasteiger partial charge on any atom is 0.416 e. The second-order valence-electron chi connectivity index (χ2n) is 16.6. The summed E-state index contributed by atoms with van der Waals surface area (Å²) >= 11 is 6.31. The number of rotatable bonds is 12. The number of anilines is 3. The SMILES string of the molecule is CN1CCC(CCNC(=O)c2cc3c(Nc4cc(-c5cc(Cl)ccc5F)nc5c4OCCN5C(=O)OC(C)(C)C)ccnc3n2COCC[Si](C)(C)C)CC1. The maximum atomic E-state index is 15.3. The molecule has 1 fully saturated rings. The van der Waals surface area contributed by atoms with Crippen molar-refractivity contribution in [1.29, 1.82) is 0 Å². The van der Waals surface area contributed by atoms with Crippen LogP contribution in [-0.4, -0.2) is 91.6 Å². The smallest absolute Gasteiger partial charge is 0.416 e. The first kappa shape index (κ1) is 40.4. The fourth-order valence-electron chi connectivity index (χ4n) is 6.70. The molecular formula is C40H53ClFN7O5Si. The molecule has 0 atom stereocenters. The number of nitrogens with zero attached hydrogens (tertiary/aromatic N) is 5. The van der Waals surface area contributed by atoms with Crippen LogP contribution < -0.4 is 20.3 Å². The summed E-state index contributed by atoms with van der Waals surface area (Å²) in [5.41, 5.74) is 1.62. The molecule has 6 rings (SSSR count). The molecular weight excluding hydrogens is 741 g/mol. The standard InChI is InChI=1S/C40H53ClFN7O5Si/c1-40(2,3)54-39(51)48-18-19-53-35-33(24-32(46-37(35)48)28-22-27(41)8-9-30(28)42)45-31-11-15-43-36-29(31)23-34(49(36)25-52-20-21-55(5,6)7)38(50)44-14-10-26-12-16-47(4)17-13-26/h8-9,11,15,22-24,26H,10,12-14,16-21,25H2,1-7H3,(H,44,50)(H,43,45,46). The van der Waals surface area contributed by atoms with Crippen LogP contribution in [0.5, 0.6) is 5.75 Å². The number of aromatic nitrogens is 3. The van der Waals surface area contributed by atoms with E-state index < -0.39 is 25.6 Å². The number of amides is 2. The molecule has 5 heterocycles. The Morgan fingerprint density at radius 3 is 2.56 bits per heavy atom. The molecule has 296 valence electrons. The van der Waals surface area contributed by atoms with Crippen molar-refractivity contribution in [2.24, 2.45) is 5.92 Å². The molecule has 0 spiro atoms. The highest BCUT2D eigenvalue weighted by Crippen LogP contribution is 2.43. The summed E-state index contributed by atoms with van der Waals surface area (Å²) in [6.07, 6.45) is 4.22. The first-order chi connectivity index (χ1) is 26.1. The molecule has 0 bridgehead atoms. The van der Waals surface area contributed by atoms with E-state index >= 15 is 4.39 Å². The van der Waals surface area contributed by atoms with Gasteiger partial charge in [0.2, 0.25) is 0 Å². The largest absolute Gasteiger partial charge is 0.486 e. The minimum absolute atomic E-state index is 0.147. The summed E-state index contributed by atoms with van der Waals surface area (Å²) in [6.45, 7) is 16.0. The van der Waals surface area contributed by atoms with E-state index in [1.54, 1.807) is 39.1 Å². The van der Waals surface area contributed by atoms with Crippen LogP contribution in [0, 0.1) is 11.7 Å². The van der Waals surface area contributed by atoms with Crippen molar-refractivity contribution in [2.45, 2.75) is 78.1 Å². The number of hydrogen-bond donors (Lipinski definition) is 2. The highest BCUT2D eigenvalue weighted by Gasteiger charge is 2.33. The van der Waals surface area contributed by atoms with Crippen molar-refractivity contribution in [3.8, 4) is 17.0 Å². The first-order valence-electron chi connectivity index (χ1n) is 19.0. The molecule has 0 saturated carbocycles. The van der Waals surface area contributed by atoms with Gasteiger partial charge in [0.05, 0.1) is 23.6 Å². The molecule has 3 aromatic heterocycles. The van der Waals surface area contributed by atoms with Gasteiger partial charge in [-0.25, -0.2) is 19.2 Å². The number of ether oxygens (including phenoxy) is 3. The van der Waals surface area contributed by atoms with Crippen LogP contribution in [0.4, 0.5) is 26.4 Å². The number of benzene rings is 1. The van der Waals surface area contributed by atoms with E-state index in [9.17, 15) is 9.59 Å². The molecule has 15 heteroatoms. The van der Waals surface area contributed by atoms with Crippen molar-refractivity contribution >= 4 is 59.9 Å². The van der Waals surface area contributed by atoms with Gasteiger partial charge in [-0.15, -0.1) is 0 Å². The van der Waals surface area contributed by atoms with Crippen LogP contribution >= 0.6 is 11.6 Å². The third kappa shape index (κ3) is 10.1. The molecule has 2 aliphatic rings. The van der Waals surface area contributed by atoms with Gasteiger partial charge >= 0.3 is 6.09 Å². The Bertz CT molecular complexity index is 2020. The average Bonchev–Trinajstić information content (AvgIpc) is 3.50. The Morgan fingerprint density at radius 2 is 1.84 bits per heavy atom. The van der Waals surface area contributed by atoms with Crippen LogP contribution in [0.1, 0.15) is 50.5 Å². The number of piperidine rings is 1. The predicted molar refractivity (Wildman–Crippen MR) is 218 cm³/mol. The van der Waals surface area contributed by atoms with E-state index in [1.807, 2.05) is 10.6 Å². The van der Waals surface area contributed by atoms with E-state index in [-0.39, 0.29) is 48.6 Å². The molecule has 2 amide bonds. The lowest BCUT2D eigenvalue weighted by Gasteiger charge is -2.32. The molecule has 0 radical (unpaired) electrons. The third-order valence-corrected chi connectivity index (χ3v) is 11.7. The van der Waals surface area contributed by atoms with E-state index in [0.717, 1.165) is 38.4 Å². The summed E-state index contributed by atoms with van der Waals surface area (Å²) in [4.78, 5) is 40.5. The summed E-state index contributed by atoms with van der Waals surface area (Å²) in [6, 6.07) is 10.5. The molecule has 2 aliphatic heterocycles. The van der Waals surface area contributed by atoms with Crippen molar-refractivity contribution < 1.29 is 28.2 Å². The Morgan fingerprint density at radius 1 is 1.07 bits per heavy atom. The molecule has 12 nitrogen and oxygen atoms in total. The monoisotopic (exact) mass is 793 g/mol. The molecule has 1 saturated heterocycles. The van der Waals surface area contributed by atoms with E-state index in [4.69, 9.17) is 35.8 Å². The highest BCUT2D eigenvalue weighted by atomic mass is 35.5. The summed E-state index contributed by atoms with van der Waals surface area (Å²) in [5, 5.41) is 7.61. The number of likely N-dealkylation sites (tertiary alicyclic amines) is 1. The second-order valence-corrected chi connectivity index (χ2v) is 22.7.